The van der Waals surface area contributed by atoms with Crippen LogP contribution in [0.1, 0.15) is 163 Å². The second kappa shape index (κ2) is 20.0. The van der Waals surface area contributed by atoms with E-state index in [1.807, 2.05) is 0 Å². The van der Waals surface area contributed by atoms with E-state index in [9.17, 15) is 19.2 Å². The monoisotopic (exact) mass is 1240 g/mol. The van der Waals surface area contributed by atoms with Crippen molar-refractivity contribution in [3.8, 4) is 23.0 Å². The van der Waals surface area contributed by atoms with Crippen molar-refractivity contribution in [1.82, 2.24) is 0 Å². The van der Waals surface area contributed by atoms with Crippen molar-refractivity contribution >= 4 is 65.0 Å². The first-order chi connectivity index (χ1) is 37.8. The summed E-state index contributed by atoms with van der Waals surface area (Å²) < 4.78 is 38.9. The van der Waals surface area contributed by atoms with E-state index in [2.05, 4.69) is 27.7 Å². The molecule has 0 amide bonds. The topological polar surface area (TPSA) is 142 Å². The Morgan fingerprint density at radius 3 is 1.20 bits per heavy atom. The van der Waals surface area contributed by atoms with E-state index < -0.39 is 63.2 Å². The number of carbonyl (C=O) groups excluding carboxylic acids is 4. The summed E-state index contributed by atoms with van der Waals surface area (Å²) >= 11 is -4.65. The Morgan fingerprint density at radius 1 is 0.430 bits per heavy atom. The van der Waals surface area contributed by atoms with Gasteiger partial charge in [0.25, 0.3) is 0 Å². The van der Waals surface area contributed by atoms with Gasteiger partial charge in [-0.3, -0.25) is 0 Å². The summed E-state index contributed by atoms with van der Waals surface area (Å²) in [4.78, 5) is 67.3. The maximum absolute atomic E-state index is 14.0. The van der Waals surface area contributed by atoms with Gasteiger partial charge in [0.15, 0.2) is 0 Å². The number of halogens is 2. The van der Waals surface area contributed by atoms with Crippen molar-refractivity contribution in [2.45, 2.75) is 179 Å². The van der Waals surface area contributed by atoms with Gasteiger partial charge < -0.3 is 0 Å². The van der Waals surface area contributed by atoms with Gasteiger partial charge >= 0.3 is 468 Å². The van der Waals surface area contributed by atoms with Crippen LogP contribution in [0.4, 0.5) is 0 Å². The van der Waals surface area contributed by atoms with Gasteiger partial charge in [0.2, 0.25) is 0 Å². The Balaban J connectivity index is 0.715. The summed E-state index contributed by atoms with van der Waals surface area (Å²) in [6, 6.07) is 10.0. The average molecular weight is 1240 g/mol. The molecule has 0 atom stereocenters. The predicted octanol–water partition coefficient (Wildman–Crippen LogP) is 11.8. The summed E-state index contributed by atoms with van der Waals surface area (Å²) in [5, 5.41) is 0. The number of ether oxygens (including phenoxy) is 6. The normalized spacial score (nSPS) is 43.1. The molecular weight excluding hydrogens is 1160 g/mol. The zero-order valence-corrected chi connectivity index (χ0v) is 50.6. The molecule has 79 heavy (non-hydrogen) atoms. The first kappa shape index (κ1) is 53.9. The van der Waals surface area contributed by atoms with Gasteiger partial charge in [-0.1, -0.05) is 0 Å². The van der Waals surface area contributed by atoms with Gasteiger partial charge in [-0.25, -0.2) is 0 Å². The average Bonchev–Trinajstić information content (AvgIpc) is 3.40. The molecule has 0 aliphatic heterocycles. The van der Waals surface area contributed by atoms with Crippen molar-refractivity contribution in [3.05, 3.63) is 36.4 Å². The SMILES string of the molecule is CC1(CC(=O)OOc2cc(OCC(=O)OC3(C)C4CC5CC(C4)CC3C5)ccc2[Te](Cl)(Cl)c2ccc(OCC(=O)OC3(C)C4CC5CC(C4)CC3C5)c(OCC(=O)OC3(C)C4CC5CC(C4)CC3C5)c2)C2CC3CC(C2)CC1C3. The molecule has 16 aliphatic rings. The Morgan fingerprint density at radius 2 is 0.797 bits per heavy atom. The summed E-state index contributed by atoms with van der Waals surface area (Å²) in [5.74, 6) is 7.80. The second-order valence-electron chi connectivity index (χ2n) is 29.0. The fraction of sp³-hybridized carbons (Fsp3) is 0.750. The quantitative estimate of drug-likeness (QED) is 0.0461. The Hall–Kier alpha value is -3.11. The molecule has 0 N–H and O–H groups in total. The molecule has 16 fully saturated rings. The van der Waals surface area contributed by atoms with Crippen molar-refractivity contribution in [2.24, 2.45) is 100 Å². The molecule has 16 aliphatic carbocycles. The van der Waals surface area contributed by atoms with Crippen molar-refractivity contribution in [2.75, 3.05) is 19.8 Å². The van der Waals surface area contributed by atoms with E-state index in [0.29, 0.717) is 66.4 Å². The molecular formula is C64H82Cl2O12Te. The van der Waals surface area contributed by atoms with Crippen LogP contribution < -0.4 is 26.3 Å². The molecule has 0 spiro atoms. The first-order valence-electron chi connectivity index (χ1n) is 30.7. The fourth-order valence-electron chi connectivity index (χ4n) is 20.9. The molecule has 0 unspecified atom stereocenters. The van der Waals surface area contributed by atoms with Gasteiger partial charge in [0, 0.05) is 0 Å². The zero-order chi connectivity index (χ0) is 54.4. The van der Waals surface area contributed by atoms with Gasteiger partial charge in [-0.05, 0) is 12.8 Å². The van der Waals surface area contributed by atoms with E-state index in [-0.39, 0.29) is 48.0 Å². The van der Waals surface area contributed by atoms with Crippen LogP contribution in [0, 0.1) is 100 Å². The molecule has 2 aromatic rings. The molecule has 430 valence electrons. The third-order valence-corrected chi connectivity index (χ3v) is 34.1. The summed E-state index contributed by atoms with van der Waals surface area (Å²) in [6.07, 6.45) is 23.2. The van der Waals surface area contributed by atoms with Crippen LogP contribution in [-0.4, -0.2) is 76.4 Å². The van der Waals surface area contributed by atoms with Crippen LogP contribution in [0.5, 0.6) is 23.0 Å². The summed E-state index contributed by atoms with van der Waals surface area (Å²) in [6.45, 7) is 7.51. The molecule has 2 aromatic carbocycles. The number of benzene rings is 2. The summed E-state index contributed by atoms with van der Waals surface area (Å²) in [7, 11) is 15.4. The van der Waals surface area contributed by atoms with Gasteiger partial charge in [-0.2, -0.15) is 0 Å². The van der Waals surface area contributed by atoms with Crippen LogP contribution in [0.15, 0.2) is 36.4 Å². The second-order valence-corrected chi connectivity index (χ2v) is 41.5. The number of esters is 3. The molecule has 12 nitrogen and oxygen atoms in total. The Kier molecular flexibility index (Phi) is 13.7. The first-order valence-corrected chi connectivity index (χ1v) is 38.9. The Labute approximate surface area is 478 Å². The van der Waals surface area contributed by atoms with Crippen LogP contribution in [0.25, 0.3) is 0 Å². The number of hydrogen-bond acceptors (Lipinski definition) is 12. The van der Waals surface area contributed by atoms with Gasteiger partial charge in [0.05, 0.1) is 0 Å². The standard InChI is InChI=1S/C64H82Cl2O12Te/c1-61(43-13-35-9-36(15-43)16-44(61)14-35)31-57(67)78-77-55-29-51(71-32-58(68)74-62(2)45-17-37-10-38(19-45)20-46(62)18-37)5-8-56(55)79(65,66)52-6-7-53(72-33-59(69)75-63(3)47-21-39-11-40(23-47)24-48(63)22-39)54(30-52)73-34-60(70)76-64(4)49-25-41-12-42(27-49)28-50(64)26-41/h5-8,29-30,35-50H,9-28,31-34H2,1-4H3. The minimum atomic E-state index is -4.65. The molecule has 15 heteroatoms. The molecule has 16 bridgehead atoms. The van der Waals surface area contributed by atoms with Crippen molar-refractivity contribution in [1.29, 1.82) is 0 Å². The third kappa shape index (κ3) is 9.67. The summed E-state index contributed by atoms with van der Waals surface area (Å²) in [5.41, 5.74) is -1.78. The van der Waals surface area contributed by atoms with Gasteiger partial charge in [-0.15, -0.1) is 0 Å². The molecule has 0 radical (unpaired) electrons. The number of carbonyl (C=O) groups is 4. The fourth-order valence-corrected chi connectivity index (χ4v) is 27.7. The zero-order valence-electron chi connectivity index (χ0n) is 46.7. The maximum atomic E-state index is 14.0. The Bertz CT molecular complexity index is 2640. The number of hydrogen-bond donors (Lipinski definition) is 0. The molecule has 0 saturated heterocycles. The van der Waals surface area contributed by atoms with E-state index in [1.54, 1.807) is 36.4 Å². The molecule has 0 heterocycles. The van der Waals surface area contributed by atoms with Crippen LogP contribution in [0.3, 0.4) is 0 Å². The van der Waals surface area contributed by atoms with Crippen molar-refractivity contribution in [3.63, 3.8) is 0 Å². The van der Waals surface area contributed by atoms with Crippen LogP contribution in [0.2, 0.25) is 0 Å². The third-order valence-electron chi connectivity index (χ3n) is 24.5. The van der Waals surface area contributed by atoms with E-state index >= 15 is 0 Å². The van der Waals surface area contributed by atoms with E-state index in [4.69, 9.17) is 56.1 Å². The predicted molar refractivity (Wildman–Crippen MR) is 297 cm³/mol. The van der Waals surface area contributed by atoms with E-state index in [0.717, 1.165) is 138 Å². The molecule has 18 rings (SSSR count). The van der Waals surface area contributed by atoms with Gasteiger partial charge in [0.1, 0.15) is 0 Å². The van der Waals surface area contributed by atoms with Crippen molar-refractivity contribution < 1.29 is 57.4 Å². The minimum absolute atomic E-state index is 0.0879. The number of rotatable bonds is 18. The molecule has 0 aromatic heterocycles. The van der Waals surface area contributed by atoms with Crippen LogP contribution in [-0.2, 0) is 38.3 Å². The van der Waals surface area contributed by atoms with E-state index in [1.165, 1.54) is 25.7 Å². The molecule has 16 saturated carbocycles. The van der Waals surface area contributed by atoms with Crippen LogP contribution >= 0.6 is 17.9 Å².